The minimum absolute atomic E-state index is 0.00859. The number of aliphatic hydroxyl groups excluding tert-OH is 1. The number of halogens is 1. The van der Waals surface area contributed by atoms with Crippen molar-refractivity contribution in [3.63, 3.8) is 0 Å². The summed E-state index contributed by atoms with van der Waals surface area (Å²) >= 11 is 0. The van der Waals surface area contributed by atoms with Gasteiger partial charge in [-0.05, 0) is 30.8 Å². The number of nitrogens with zero attached hydrogens (tertiary/aromatic N) is 2. The van der Waals surface area contributed by atoms with Crippen molar-refractivity contribution < 1.29 is 19.2 Å². The summed E-state index contributed by atoms with van der Waals surface area (Å²) in [5.41, 5.74) is 0.745. The average molecular weight is 334 g/mol. The van der Waals surface area contributed by atoms with Crippen molar-refractivity contribution >= 4 is 5.69 Å². The zero-order valence-corrected chi connectivity index (χ0v) is 13.3. The molecule has 24 heavy (non-hydrogen) atoms. The Morgan fingerprint density at radius 1 is 1.29 bits per heavy atom. The molecule has 0 aliphatic rings. The zero-order valence-electron chi connectivity index (χ0n) is 13.3. The number of ether oxygens (including phenoxy) is 1. The molecule has 0 aromatic heterocycles. The van der Waals surface area contributed by atoms with E-state index in [1.54, 1.807) is 12.1 Å². The van der Waals surface area contributed by atoms with Crippen LogP contribution in [-0.2, 0) is 6.54 Å². The largest absolute Gasteiger partial charge is 0.491 e. The summed E-state index contributed by atoms with van der Waals surface area (Å²) < 4.78 is 18.5. The van der Waals surface area contributed by atoms with Gasteiger partial charge in [0, 0.05) is 19.2 Å². The van der Waals surface area contributed by atoms with Crippen LogP contribution in [0.1, 0.15) is 5.56 Å². The minimum atomic E-state index is -0.775. The average Bonchev–Trinajstić information content (AvgIpc) is 2.53. The molecule has 0 radical (unpaired) electrons. The second-order valence-corrected chi connectivity index (χ2v) is 5.55. The fourth-order valence-electron chi connectivity index (χ4n) is 2.30. The van der Waals surface area contributed by atoms with Gasteiger partial charge >= 0.3 is 0 Å². The number of aliphatic hydroxyl groups is 1. The predicted molar refractivity (Wildman–Crippen MR) is 87.3 cm³/mol. The highest BCUT2D eigenvalue weighted by Crippen LogP contribution is 2.19. The van der Waals surface area contributed by atoms with Gasteiger partial charge in [-0.1, -0.05) is 18.2 Å². The third-order valence-corrected chi connectivity index (χ3v) is 3.33. The van der Waals surface area contributed by atoms with Gasteiger partial charge in [0.15, 0.2) is 0 Å². The highest BCUT2D eigenvalue weighted by molar-refractivity contribution is 5.37. The van der Waals surface area contributed by atoms with Crippen molar-refractivity contribution in [2.24, 2.45) is 0 Å². The summed E-state index contributed by atoms with van der Waals surface area (Å²) in [5.74, 6) is 0.0338. The molecule has 0 fully saturated rings. The maximum absolute atomic E-state index is 13.1. The molecule has 128 valence electrons. The van der Waals surface area contributed by atoms with E-state index in [0.29, 0.717) is 18.8 Å². The number of non-ortho nitro benzene ring substituents is 1. The number of likely N-dealkylation sites (N-methyl/N-ethyl adjacent to an activating group) is 1. The summed E-state index contributed by atoms with van der Waals surface area (Å²) in [6.45, 7) is 0.825. The van der Waals surface area contributed by atoms with E-state index in [1.165, 1.54) is 30.3 Å². The molecule has 2 aromatic rings. The first kappa shape index (κ1) is 17.8. The molecule has 2 aromatic carbocycles. The monoisotopic (exact) mass is 334 g/mol. The van der Waals surface area contributed by atoms with E-state index >= 15 is 0 Å². The van der Waals surface area contributed by atoms with E-state index < -0.39 is 11.0 Å². The van der Waals surface area contributed by atoms with E-state index in [0.717, 1.165) is 5.56 Å². The van der Waals surface area contributed by atoms with Crippen molar-refractivity contribution in [3.05, 3.63) is 70.0 Å². The third-order valence-electron chi connectivity index (χ3n) is 3.33. The molecular formula is C17H19FN2O4. The van der Waals surface area contributed by atoms with Crippen LogP contribution >= 0.6 is 0 Å². The molecule has 0 amide bonds. The van der Waals surface area contributed by atoms with Crippen molar-refractivity contribution in [2.45, 2.75) is 12.6 Å². The maximum Gasteiger partial charge on any atom is 0.273 e. The van der Waals surface area contributed by atoms with Crippen molar-refractivity contribution in [3.8, 4) is 5.75 Å². The molecule has 2 rings (SSSR count). The highest BCUT2D eigenvalue weighted by atomic mass is 19.1. The van der Waals surface area contributed by atoms with Crippen LogP contribution in [0.25, 0.3) is 0 Å². The number of rotatable bonds is 8. The Hall–Kier alpha value is -2.51. The first-order chi connectivity index (χ1) is 11.4. The Morgan fingerprint density at radius 3 is 2.75 bits per heavy atom. The van der Waals surface area contributed by atoms with Crippen LogP contribution in [-0.4, -0.2) is 41.2 Å². The van der Waals surface area contributed by atoms with Crippen LogP contribution in [0.2, 0.25) is 0 Å². The Bertz CT molecular complexity index is 696. The van der Waals surface area contributed by atoms with Crippen molar-refractivity contribution in [1.82, 2.24) is 4.90 Å². The molecule has 0 heterocycles. The molecular weight excluding hydrogens is 315 g/mol. The zero-order chi connectivity index (χ0) is 17.5. The lowest BCUT2D eigenvalue weighted by molar-refractivity contribution is -0.384. The van der Waals surface area contributed by atoms with Gasteiger partial charge < -0.3 is 9.84 Å². The SMILES string of the molecule is CN(Cc1cccc(F)c1)CC(O)COc1cccc([N+](=O)[O-])c1. The van der Waals surface area contributed by atoms with Gasteiger partial charge in [0.25, 0.3) is 5.69 Å². The summed E-state index contributed by atoms with van der Waals surface area (Å²) in [5, 5.41) is 20.7. The van der Waals surface area contributed by atoms with E-state index in [4.69, 9.17) is 4.74 Å². The summed E-state index contributed by atoms with van der Waals surface area (Å²) in [7, 11) is 1.81. The van der Waals surface area contributed by atoms with Crippen LogP contribution in [0.3, 0.4) is 0 Å². The third kappa shape index (κ3) is 5.60. The van der Waals surface area contributed by atoms with E-state index in [2.05, 4.69) is 0 Å². The molecule has 7 heteroatoms. The highest BCUT2D eigenvalue weighted by Gasteiger charge is 2.12. The lowest BCUT2D eigenvalue weighted by Crippen LogP contribution is -2.32. The van der Waals surface area contributed by atoms with Gasteiger partial charge in [0.05, 0.1) is 11.0 Å². The second-order valence-electron chi connectivity index (χ2n) is 5.55. The fraction of sp³-hybridized carbons (Fsp3) is 0.294. The van der Waals surface area contributed by atoms with Crippen LogP contribution in [0.15, 0.2) is 48.5 Å². The Labute approximate surface area is 139 Å². The van der Waals surface area contributed by atoms with Crippen LogP contribution in [0, 0.1) is 15.9 Å². The lowest BCUT2D eigenvalue weighted by atomic mass is 10.2. The molecule has 0 aliphatic heterocycles. The number of hydrogen-bond acceptors (Lipinski definition) is 5. The smallest absolute Gasteiger partial charge is 0.273 e. The second kappa shape index (κ2) is 8.37. The molecule has 6 nitrogen and oxygen atoms in total. The minimum Gasteiger partial charge on any atom is -0.491 e. The topological polar surface area (TPSA) is 75.8 Å². The Kier molecular flexibility index (Phi) is 6.22. The Morgan fingerprint density at radius 2 is 2.04 bits per heavy atom. The van der Waals surface area contributed by atoms with Crippen molar-refractivity contribution in [2.75, 3.05) is 20.2 Å². The molecule has 0 aliphatic carbocycles. The molecule has 0 bridgehead atoms. The van der Waals surface area contributed by atoms with Gasteiger partial charge in [-0.25, -0.2) is 4.39 Å². The summed E-state index contributed by atoms with van der Waals surface area (Å²) in [6, 6.07) is 12.1. The first-order valence-corrected chi connectivity index (χ1v) is 7.42. The molecule has 0 spiro atoms. The fourth-order valence-corrected chi connectivity index (χ4v) is 2.30. The van der Waals surface area contributed by atoms with Crippen LogP contribution < -0.4 is 4.74 Å². The van der Waals surface area contributed by atoms with Crippen molar-refractivity contribution in [1.29, 1.82) is 0 Å². The number of benzene rings is 2. The normalized spacial score (nSPS) is 12.2. The van der Waals surface area contributed by atoms with Gasteiger partial charge in [-0.15, -0.1) is 0 Å². The molecule has 1 atom stereocenters. The quantitative estimate of drug-likeness (QED) is 0.593. The van der Waals surface area contributed by atoms with Crippen LogP contribution in [0.4, 0.5) is 10.1 Å². The predicted octanol–water partition coefficient (Wildman–Crippen LogP) is 2.61. The molecule has 1 N–H and O–H groups in total. The summed E-state index contributed by atoms with van der Waals surface area (Å²) in [4.78, 5) is 12.0. The van der Waals surface area contributed by atoms with Gasteiger partial charge in [0.1, 0.15) is 24.3 Å². The Balaban J connectivity index is 1.81. The van der Waals surface area contributed by atoms with E-state index in [9.17, 15) is 19.6 Å². The molecule has 0 saturated heterocycles. The summed E-state index contributed by atoms with van der Waals surface area (Å²) in [6.07, 6.45) is -0.775. The van der Waals surface area contributed by atoms with Crippen LogP contribution in [0.5, 0.6) is 5.75 Å². The van der Waals surface area contributed by atoms with E-state index in [-0.39, 0.29) is 18.1 Å². The number of nitro groups is 1. The number of nitro benzene ring substituents is 1. The van der Waals surface area contributed by atoms with E-state index in [1.807, 2.05) is 18.0 Å². The first-order valence-electron chi connectivity index (χ1n) is 7.42. The maximum atomic E-state index is 13.1. The standard InChI is InChI=1S/C17H19FN2O4/c1-19(10-13-4-2-5-14(18)8-13)11-16(21)12-24-17-7-3-6-15(9-17)20(22)23/h2-9,16,21H,10-12H2,1H3. The molecule has 1 unspecified atom stereocenters. The van der Waals surface area contributed by atoms with Gasteiger partial charge in [-0.2, -0.15) is 0 Å². The van der Waals surface area contributed by atoms with Gasteiger partial charge in [-0.3, -0.25) is 15.0 Å². The number of hydrogen-bond donors (Lipinski definition) is 1. The van der Waals surface area contributed by atoms with Gasteiger partial charge in [0.2, 0.25) is 0 Å². The lowest BCUT2D eigenvalue weighted by Gasteiger charge is -2.21. The molecule has 0 saturated carbocycles.